The van der Waals surface area contributed by atoms with Crippen LogP contribution in [0.15, 0.2) is 47.6 Å². The Bertz CT molecular complexity index is 988. The number of methoxy groups -OCH3 is 1. The van der Waals surface area contributed by atoms with E-state index in [0.717, 1.165) is 30.0 Å². The average Bonchev–Trinajstić information content (AvgIpc) is 3.15. The van der Waals surface area contributed by atoms with Crippen molar-refractivity contribution < 1.29 is 22.7 Å². The molecule has 2 atom stereocenters. The minimum Gasteiger partial charge on any atom is -0.372 e. The Labute approximate surface area is 183 Å². The topological polar surface area (TPSA) is 53.9 Å². The van der Waals surface area contributed by atoms with E-state index in [4.69, 9.17) is 4.74 Å². The maximum atomic E-state index is 14.5. The van der Waals surface area contributed by atoms with Gasteiger partial charge < -0.3 is 10.1 Å². The van der Waals surface area contributed by atoms with Crippen molar-refractivity contribution in [2.75, 3.05) is 20.7 Å². The molecule has 0 saturated heterocycles. The van der Waals surface area contributed by atoms with Crippen LogP contribution < -0.4 is 5.32 Å². The zero-order valence-electron chi connectivity index (χ0n) is 17.5. The molecule has 0 saturated carbocycles. The smallest absolute Gasteiger partial charge is 0.273 e. The largest absolute Gasteiger partial charge is 0.372 e. The van der Waals surface area contributed by atoms with Crippen molar-refractivity contribution in [2.45, 2.75) is 30.7 Å². The summed E-state index contributed by atoms with van der Waals surface area (Å²) in [6.07, 6.45) is 0.187. The fourth-order valence-corrected chi connectivity index (χ4v) is 4.80. The van der Waals surface area contributed by atoms with Gasteiger partial charge in [0.1, 0.15) is 33.5 Å². The van der Waals surface area contributed by atoms with Gasteiger partial charge in [0.2, 0.25) is 0 Å². The molecule has 166 valence electrons. The number of carbonyl (C=O) groups is 1. The zero-order valence-corrected chi connectivity index (χ0v) is 18.3. The van der Waals surface area contributed by atoms with Gasteiger partial charge in [-0.05, 0) is 69.3 Å². The Morgan fingerprint density at radius 2 is 1.97 bits per heavy atom. The van der Waals surface area contributed by atoms with E-state index in [1.807, 2.05) is 0 Å². The van der Waals surface area contributed by atoms with Crippen molar-refractivity contribution in [1.29, 1.82) is 0 Å². The second-order valence-electron chi connectivity index (χ2n) is 7.16. The molecule has 1 heterocycles. The van der Waals surface area contributed by atoms with Crippen LogP contribution in [0.4, 0.5) is 13.2 Å². The highest BCUT2D eigenvalue weighted by atomic mass is 32.2. The molecule has 1 aliphatic heterocycles. The minimum atomic E-state index is -1.14. The van der Waals surface area contributed by atoms with Crippen molar-refractivity contribution in [2.24, 2.45) is 5.10 Å². The van der Waals surface area contributed by atoms with Crippen LogP contribution in [0.5, 0.6) is 0 Å². The molecule has 0 aliphatic carbocycles. The first-order valence-corrected chi connectivity index (χ1v) is 10.6. The number of amides is 1. The highest BCUT2D eigenvalue weighted by Crippen LogP contribution is 2.51. The predicted octanol–water partition coefficient (Wildman–Crippen LogP) is 4.23. The van der Waals surface area contributed by atoms with Crippen LogP contribution in [0.25, 0.3) is 0 Å². The number of nitrogens with one attached hydrogen (secondary N) is 1. The lowest BCUT2D eigenvalue weighted by Gasteiger charge is -2.37. The quantitative estimate of drug-likeness (QED) is 0.611. The van der Waals surface area contributed by atoms with Gasteiger partial charge in [0, 0.05) is 12.7 Å². The van der Waals surface area contributed by atoms with Crippen LogP contribution in [0.1, 0.15) is 30.9 Å². The number of hydrogen-bond donors (Lipinski definition) is 1. The molecular formula is C22H24F3N3O2S. The van der Waals surface area contributed by atoms with Crippen LogP contribution in [0, 0.1) is 17.5 Å². The molecule has 5 nitrogen and oxygen atoms in total. The van der Waals surface area contributed by atoms with Crippen molar-refractivity contribution in [1.82, 2.24) is 10.3 Å². The number of benzene rings is 2. The molecule has 9 heteroatoms. The van der Waals surface area contributed by atoms with E-state index in [0.29, 0.717) is 24.9 Å². The van der Waals surface area contributed by atoms with Crippen LogP contribution >= 0.6 is 11.8 Å². The van der Waals surface area contributed by atoms with Crippen molar-refractivity contribution >= 4 is 22.7 Å². The summed E-state index contributed by atoms with van der Waals surface area (Å²) in [7, 11) is 3.20. The summed E-state index contributed by atoms with van der Waals surface area (Å²) < 4.78 is 47.8. The average molecular weight is 452 g/mol. The normalized spacial score (nSPS) is 19.4. The molecule has 1 aliphatic rings. The molecular weight excluding hydrogens is 427 g/mol. The van der Waals surface area contributed by atoms with Crippen LogP contribution in [0.3, 0.4) is 0 Å². The van der Waals surface area contributed by atoms with Gasteiger partial charge in [0.15, 0.2) is 0 Å². The molecule has 1 N–H and O–H groups in total. The summed E-state index contributed by atoms with van der Waals surface area (Å²) in [6.45, 7) is 2.22. The number of thioether (sulfide) groups is 1. The lowest BCUT2D eigenvalue weighted by molar-refractivity contribution is -0.144. The van der Waals surface area contributed by atoms with Gasteiger partial charge in [-0.1, -0.05) is 23.9 Å². The van der Waals surface area contributed by atoms with E-state index in [-0.39, 0.29) is 10.6 Å². The van der Waals surface area contributed by atoms with Crippen LogP contribution in [-0.2, 0) is 14.4 Å². The van der Waals surface area contributed by atoms with Gasteiger partial charge in [-0.25, -0.2) is 18.2 Å². The summed E-state index contributed by atoms with van der Waals surface area (Å²) in [5.74, 6) is -2.22. The monoisotopic (exact) mass is 451 g/mol. The van der Waals surface area contributed by atoms with E-state index in [1.165, 1.54) is 24.3 Å². The van der Waals surface area contributed by atoms with Gasteiger partial charge in [-0.3, -0.25) is 4.79 Å². The molecule has 0 spiro atoms. The Morgan fingerprint density at radius 1 is 1.23 bits per heavy atom. The summed E-state index contributed by atoms with van der Waals surface area (Å²) in [4.78, 5) is 12.1. The maximum absolute atomic E-state index is 14.5. The lowest BCUT2D eigenvalue weighted by Crippen LogP contribution is -2.46. The molecule has 2 aromatic rings. The number of halogens is 3. The third-order valence-electron chi connectivity index (χ3n) is 5.09. The second kappa shape index (κ2) is 9.84. The molecule has 0 aromatic heterocycles. The van der Waals surface area contributed by atoms with E-state index < -0.39 is 34.3 Å². The Hall–Kier alpha value is -2.36. The fourth-order valence-electron chi connectivity index (χ4n) is 3.38. The standard InChI is InChI=1S/C22H24F3N3O2S/c1-14(30-3)21(29)28-22(10-5-11-26-2,15-6-4-7-16(23)12-15)31-20(27-28)18-13-17(24)8-9-19(18)25/h4,6-9,12-14,26H,5,10-11H2,1-3H3/t14-,22?/m0/s1. The SMILES string of the molecule is CNCCCC1(c2cccc(F)c2)SC(c2cc(F)ccc2F)=NN1C(=O)[C@H](C)OC. The Morgan fingerprint density at radius 3 is 2.65 bits per heavy atom. The minimum absolute atomic E-state index is 0.0558. The van der Waals surface area contributed by atoms with Gasteiger partial charge in [0.05, 0.1) is 0 Å². The number of ether oxygens (including phenoxy) is 1. The third-order valence-corrected chi connectivity index (χ3v) is 6.53. The van der Waals surface area contributed by atoms with Crippen LogP contribution in [0.2, 0.25) is 0 Å². The summed E-state index contributed by atoms with van der Waals surface area (Å²) in [6, 6.07) is 8.97. The van der Waals surface area contributed by atoms with E-state index in [9.17, 15) is 18.0 Å². The number of nitrogens with zero attached hydrogens (tertiary/aromatic N) is 2. The molecule has 1 amide bonds. The fraction of sp³-hybridized carbons (Fsp3) is 0.364. The first-order chi connectivity index (χ1) is 14.8. The first-order valence-electron chi connectivity index (χ1n) is 9.83. The van der Waals surface area contributed by atoms with Gasteiger partial charge in [-0.15, -0.1) is 0 Å². The van der Waals surface area contributed by atoms with E-state index in [2.05, 4.69) is 10.4 Å². The number of hydrogen-bond acceptors (Lipinski definition) is 5. The van der Waals surface area contributed by atoms with Gasteiger partial charge >= 0.3 is 0 Å². The predicted molar refractivity (Wildman–Crippen MR) is 115 cm³/mol. The molecule has 2 aromatic carbocycles. The highest BCUT2D eigenvalue weighted by molar-refractivity contribution is 8.15. The molecule has 3 rings (SSSR count). The van der Waals surface area contributed by atoms with Crippen molar-refractivity contribution in [3.05, 3.63) is 71.0 Å². The molecule has 1 unspecified atom stereocenters. The molecule has 0 radical (unpaired) electrons. The molecule has 0 bridgehead atoms. The van der Waals surface area contributed by atoms with E-state index >= 15 is 0 Å². The summed E-state index contributed by atoms with van der Waals surface area (Å²) in [5, 5.41) is 8.83. The van der Waals surface area contributed by atoms with Crippen molar-refractivity contribution in [3.8, 4) is 0 Å². The van der Waals surface area contributed by atoms with E-state index in [1.54, 1.807) is 26.1 Å². The third kappa shape index (κ3) is 4.78. The zero-order chi connectivity index (χ0) is 22.6. The maximum Gasteiger partial charge on any atom is 0.273 e. The Kier molecular flexibility index (Phi) is 7.40. The molecule has 0 fully saturated rings. The lowest BCUT2D eigenvalue weighted by atomic mass is 9.99. The number of hydrazone groups is 1. The van der Waals surface area contributed by atoms with Crippen molar-refractivity contribution in [3.63, 3.8) is 0 Å². The second-order valence-corrected chi connectivity index (χ2v) is 8.43. The van der Waals surface area contributed by atoms with Gasteiger partial charge in [-0.2, -0.15) is 5.10 Å². The van der Waals surface area contributed by atoms with Gasteiger partial charge in [0.25, 0.3) is 5.91 Å². The number of rotatable bonds is 8. The van der Waals surface area contributed by atoms with Crippen LogP contribution in [-0.4, -0.2) is 42.8 Å². The first kappa shape index (κ1) is 23.3. The summed E-state index contributed by atoms with van der Waals surface area (Å²) in [5.41, 5.74) is 0.445. The Balaban J connectivity index is 2.16. The summed E-state index contributed by atoms with van der Waals surface area (Å²) >= 11 is 1.11. The highest BCUT2D eigenvalue weighted by Gasteiger charge is 2.49. The number of carbonyl (C=O) groups excluding carboxylic acids is 1. The molecule has 31 heavy (non-hydrogen) atoms.